The second-order valence-electron chi connectivity index (χ2n) is 8.68. The predicted molar refractivity (Wildman–Crippen MR) is 120 cm³/mol. The fraction of sp³-hybridized carbons (Fsp3) is 0.375. The molecule has 4 N–H and O–H groups in total. The van der Waals surface area contributed by atoms with Crippen LogP contribution in [0.25, 0.3) is 11.1 Å². The van der Waals surface area contributed by atoms with Crippen molar-refractivity contribution in [1.82, 2.24) is 15.6 Å². The first-order valence-electron chi connectivity index (χ1n) is 11.1. The Hall–Kier alpha value is -3.82. The molecule has 1 saturated carbocycles. The molecule has 1 aromatic heterocycles. The van der Waals surface area contributed by atoms with Crippen molar-refractivity contribution in [3.63, 3.8) is 0 Å². The van der Waals surface area contributed by atoms with E-state index in [1.165, 1.54) is 6.07 Å². The number of fused-ring (bicyclic) bond motifs is 2. The Morgan fingerprint density at radius 1 is 1.35 bits per heavy atom. The fourth-order valence-corrected chi connectivity index (χ4v) is 4.40. The highest BCUT2D eigenvalue weighted by molar-refractivity contribution is 5.80. The number of nitrogens with zero attached hydrogens (tertiary/aromatic N) is 1. The number of halogens is 1. The van der Waals surface area contributed by atoms with Crippen molar-refractivity contribution in [2.45, 2.75) is 37.1 Å². The molecular weight excluding hydrogens is 443 g/mol. The third-order valence-corrected chi connectivity index (χ3v) is 6.35. The average molecular weight is 468 g/mol. The van der Waals surface area contributed by atoms with Crippen LogP contribution in [0.2, 0.25) is 0 Å². The van der Waals surface area contributed by atoms with Crippen molar-refractivity contribution >= 4 is 23.0 Å². The summed E-state index contributed by atoms with van der Waals surface area (Å²) in [7, 11) is 1.58. The molecule has 3 heterocycles. The molecular formula is C24H25FN4O5. The number of urea groups is 1. The number of carbonyl (C=O) groups is 2. The molecule has 2 aliphatic heterocycles. The van der Waals surface area contributed by atoms with Crippen LogP contribution in [-0.4, -0.2) is 37.2 Å². The van der Waals surface area contributed by atoms with Crippen LogP contribution in [0.4, 0.5) is 9.18 Å². The number of aromatic nitrogens is 1. The molecule has 0 bridgehead atoms. The molecule has 1 unspecified atom stereocenters. The van der Waals surface area contributed by atoms with E-state index in [1.54, 1.807) is 7.11 Å². The molecule has 6 rings (SSSR count). The molecule has 3 amide bonds. The van der Waals surface area contributed by atoms with Crippen LogP contribution in [0, 0.1) is 5.82 Å². The van der Waals surface area contributed by atoms with Crippen LogP contribution in [0.5, 0.6) is 11.5 Å². The van der Waals surface area contributed by atoms with E-state index in [4.69, 9.17) is 19.6 Å². The molecule has 2 fully saturated rings. The molecule has 9 nitrogen and oxygen atoms in total. The van der Waals surface area contributed by atoms with Crippen LogP contribution < -0.4 is 25.8 Å². The molecule has 3 aliphatic rings. The van der Waals surface area contributed by atoms with Gasteiger partial charge in [0, 0.05) is 31.4 Å². The Morgan fingerprint density at radius 3 is 2.85 bits per heavy atom. The number of amides is 3. The number of methoxy groups -OCH3 is 1. The summed E-state index contributed by atoms with van der Waals surface area (Å²) in [6, 6.07) is 8.19. The first-order valence-corrected chi connectivity index (χ1v) is 11.1. The minimum atomic E-state index is -0.568. The Bertz CT molecular complexity index is 1270. The molecule has 1 atom stereocenters. The summed E-state index contributed by atoms with van der Waals surface area (Å²) >= 11 is 0. The first-order chi connectivity index (χ1) is 16.4. The van der Waals surface area contributed by atoms with E-state index in [-0.39, 0.29) is 17.6 Å². The summed E-state index contributed by atoms with van der Waals surface area (Å²) in [5, 5.41) is 5.41. The molecule has 1 aliphatic carbocycles. The van der Waals surface area contributed by atoms with Gasteiger partial charge in [-0.1, -0.05) is 6.07 Å². The van der Waals surface area contributed by atoms with Crippen LogP contribution in [0.3, 0.4) is 0 Å². The van der Waals surface area contributed by atoms with E-state index in [0.717, 1.165) is 24.8 Å². The third-order valence-electron chi connectivity index (χ3n) is 6.35. The van der Waals surface area contributed by atoms with Crippen molar-refractivity contribution in [2.75, 3.05) is 20.3 Å². The zero-order valence-electron chi connectivity index (χ0n) is 18.7. The van der Waals surface area contributed by atoms with Gasteiger partial charge in [-0.05, 0) is 42.2 Å². The molecule has 3 aromatic rings. The largest absolute Gasteiger partial charge is 0.494 e. The van der Waals surface area contributed by atoms with Gasteiger partial charge in [-0.3, -0.25) is 4.79 Å². The lowest BCUT2D eigenvalue weighted by molar-refractivity contribution is -0.119. The summed E-state index contributed by atoms with van der Waals surface area (Å²) in [6.45, 7) is 1.16. The van der Waals surface area contributed by atoms with E-state index >= 15 is 0 Å². The van der Waals surface area contributed by atoms with E-state index in [2.05, 4.69) is 15.6 Å². The van der Waals surface area contributed by atoms with Crippen molar-refractivity contribution in [3.8, 4) is 11.5 Å². The number of ether oxygens (including phenoxy) is 2. The molecule has 0 spiro atoms. The second kappa shape index (κ2) is 8.51. The molecule has 178 valence electrons. The topological polar surface area (TPSA) is 129 Å². The Morgan fingerprint density at radius 2 is 2.18 bits per heavy atom. The number of primary amides is 1. The maximum Gasteiger partial charge on any atom is 0.313 e. The number of benzene rings is 2. The zero-order valence-corrected chi connectivity index (χ0v) is 18.7. The van der Waals surface area contributed by atoms with Crippen LogP contribution >= 0.6 is 0 Å². The lowest BCUT2D eigenvalue weighted by atomic mass is 9.95. The van der Waals surface area contributed by atoms with Gasteiger partial charge in [0.15, 0.2) is 11.1 Å². The smallest absolute Gasteiger partial charge is 0.313 e. The summed E-state index contributed by atoms with van der Waals surface area (Å²) in [4.78, 5) is 26.5. The van der Waals surface area contributed by atoms with Gasteiger partial charge < -0.3 is 30.3 Å². The van der Waals surface area contributed by atoms with Crippen molar-refractivity contribution in [1.29, 1.82) is 0 Å². The number of oxazole rings is 1. The lowest BCUT2D eigenvalue weighted by Crippen LogP contribution is -2.38. The standard InChI is InChI=1S/C12H12FNO2.C12H13N3O3/c13-10-5-11-7(1-2-16-11)3-9(10)8-4-12(15)14-6-8;1-17-7-3-2-4-8-9(7)14-10(18-8)12(5-6-12)15-11(13)16/h3,5,8H,1-2,4,6H2,(H,14,15);2-4H,5-6H2,1H3,(H3,13,15,16). The van der Waals surface area contributed by atoms with Gasteiger partial charge in [0.1, 0.15) is 22.9 Å². The van der Waals surface area contributed by atoms with E-state index in [0.29, 0.717) is 53.6 Å². The number of hydrogen-bond acceptors (Lipinski definition) is 6. The zero-order chi connectivity index (χ0) is 23.9. The molecule has 1 saturated heterocycles. The molecule has 0 radical (unpaired) electrons. The van der Waals surface area contributed by atoms with E-state index in [9.17, 15) is 14.0 Å². The van der Waals surface area contributed by atoms with Gasteiger partial charge in [-0.2, -0.15) is 0 Å². The summed E-state index contributed by atoms with van der Waals surface area (Å²) in [5.41, 5.74) is 7.62. The summed E-state index contributed by atoms with van der Waals surface area (Å²) in [6.07, 6.45) is 2.78. The SMILES string of the molecule is COc1cccc2oc(C3(NC(N)=O)CC3)nc12.O=C1CC(c2cc3c(cc2F)OCC3)CN1. The molecule has 2 aromatic carbocycles. The summed E-state index contributed by atoms with van der Waals surface area (Å²) in [5.74, 6) is 1.50. The van der Waals surface area contributed by atoms with Gasteiger partial charge in [-0.15, -0.1) is 0 Å². The van der Waals surface area contributed by atoms with Gasteiger partial charge in [0.25, 0.3) is 0 Å². The lowest BCUT2D eigenvalue weighted by Gasteiger charge is -2.10. The van der Waals surface area contributed by atoms with Crippen molar-refractivity contribution in [3.05, 3.63) is 53.2 Å². The highest BCUT2D eigenvalue weighted by atomic mass is 19.1. The minimum absolute atomic E-state index is 0.00106. The molecule has 34 heavy (non-hydrogen) atoms. The van der Waals surface area contributed by atoms with Crippen LogP contribution in [0.15, 0.2) is 34.7 Å². The van der Waals surface area contributed by atoms with Gasteiger partial charge in [0.05, 0.1) is 13.7 Å². The average Bonchev–Trinajstić information content (AvgIpc) is 3.16. The number of rotatable bonds is 4. The van der Waals surface area contributed by atoms with Gasteiger partial charge >= 0.3 is 6.03 Å². The Kier molecular flexibility index (Phi) is 5.51. The Labute approximate surface area is 194 Å². The Balaban J connectivity index is 0.000000142. The fourth-order valence-electron chi connectivity index (χ4n) is 4.40. The van der Waals surface area contributed by atoms with Gasteiger partial charge in [0.2, 0.25) is 11.8 Å². The highest BCUT2D eigenvalue weighted by Crippen LogP contribution is 2.46. The number of nitrogens with one attached hydrogen (secondary N) is 2. The molecule has 10 heteroatoms. The number of para-hydroxylation sites is 1. The second-order valence-corrected chi connectivity index (χ2v) is 8.68. The van der Waals surface area contributed by atoms with E-state index < -0.39 is 11.6 Å². The van der Waals surface area contributed by atoms with Crippen molar-refractivity contribution < 1.29 is 27.9 Å². The normalized spacial score (nSPS) is 19.5. The van der Waals surface area contributed by atoms with E-state index in [1.807, 2.05) is 24.3 Å². The minimum Gasteiger partial charge on any atom is -0.494 e. The number of hydrogen-bond donors (Lipinski definition) is 3. The maximum atomic E-state index is 13.8. The number of nitrogens with two attached hydrogens (primary N) is 1. The summed E-state index contributed by atoms with van der Waals surface area (Å²) < 4.78 is 30.0. The third kappa shape index (κ3) is 4.11. The monoisotopic (exact) mass is 468 g/mol. The number of carbonyl (C=O) groups excluding carboxylic acids is 2. The maximum absolute atomic E-state index is 13.8. The quantitative estimate of drug-likeness (QED) is 0.540. The van der Waals surface area contributed by atoms with Gasteiger partial charge in [-0.25, -0.2) is 14.2 Å². The highest BCUT2D eigenvalue weighted by Gasteiger charge is 2.50. The predicted octanol–water partition coefficient (Wildman–Crippen LogP) is 2.86. The van der Waals surface area contributed by atoms with Crippen LogP contribution in [-0.2, 0) is 16.8 Å². The van der Waals surface area contributed by atoms with Crippen molar-refractivity contribution in [2.24, 2.45) is 5.73 Å². The van der Waals surface area contributed by atoms with Crippen LogP contribution in [0.1, 0.15) is 42.2 Å². The first kappa shape index (κ1) is 22.0.